The summed E-state index contributed by atoms with van der Waals surface area (Å²) >= 11 is 2.51. The van der Waals surface area contributed by atoms with Crippen LogP contribution in [0.2, 0.25) is 0 Å². The van der Waals surface area contributed by atoms with E-state index in [4.69, 9.17) is 0 Å². The van der Waals surface area contributed by atoms with Gasteiger partial charge in [0.25, 0.3) is 0 Å². The van der Waals surface area contributed by atoms with E-state index in [2.05, 4.69) is 0 Å². The highest BCUT2D eigenvalue weighted by Crippen LogP contribution is 2.49. The molecule has 0 saturated carbocycles. The Balaban J connectivity index is 2.26. The van der Waals surface area contributed by atoms with Crippen LogP contribution in [-0.2, 0) is 9.84 Å². The van der Waals surface area contributed by atoms with E-state index >= 15 is 0 Å². The molecule has 2 aromatic rings. The van der Waals surface area contributed by atoms with E-state index in [0.717, 1.165) is 16.7 Å². The maximum absolute atomic E-state index is 12.7. The summed E-state index contributed by atoms with van der Waals surface area (Å²) in [6.07, 6.45) is 0. The van der Waals surface area contributed by atoms with Crippen molar-refractivity contribution < 1.29 is 13.2 Å². The molecule has 3 nitrogen and oxygen atoms in total. The second kappa shape index (κ2) is 4.38. The minimum Gasteiger partial charge on any atom is -0.294 e. The first kappa shape index (κ1) is 13.7. The lowest BCUT2D eigenvalue weighted by atomic mass is 10.1. The van der Waals surface area contributed by atoms with E-state index in [0.29, 0.717) is 18.9 Å². The van der Waals surface area contributed by atoms with Crippen LogP contribution in [0.1, 0.15) is 39.5 Å². The Kier molecular flexibility index (Phi) is 3.00. The first-order valence-electron chi connectivity index (χ1n) is 5.99. The molecule has 1 aliphatic heterocycles. The standard InChI is InChI=1S/C14H12O3S3/c1-7-6-18-14-12(7)8(2)13(20(14,16)17)11-5-4-10(19-11)9(3)15/h4-6H,1-3H3. The molecule has 2 aromatic heterocycles. The Morgan fingerprint density at radius 3 is 2.45 bits per heavy atom. The second-order valence-corrected chi connectivity index (χ2v) is 8.80. The van der Waals surface area contributed by atoms with Crippen molar-refractivity contribution in [2.45, 2.75) is 25.0 Å². The summed E-state index contributed by atoms with van der Waals surface area (Å²) < 4.78 is 25.8. The molecule has 0 aromatic carbocycles. The summed E-state index contributed by atoms with van der Waals surface area (Å²) in [4.78, 5) is 13.0. The monoisotopic (exact) mass is 324 g/mol. The van der Waals surface area contributed by atoms with Crippen molar-refractivity contribution in [3.63, 3.8) is 0 Å². The number of Topliss-reactive ketones (excluding diaryl/α,β-unsaturated/α-hetero) is 1. The van der Waals surface area contributed by atoms with Gasteiger partial charge in [0.1, 0.15) is 4.21 Å². The Bertz CT molecular complexity index is 863. The number of fused-ring (bicyclic) bond motifs is 1. The minimum atomic E-state index is -3.44. The zero-order valence-corrected chi connectivity index (χ0v) is 13.6. The Morgan fingerprint density at radius 2 is 1.90 bits per heavy atom. The molecule has 20 heavy (non-hydrogen) atoms. The molecule has 0 fully saturated rings. The van der Waals surface area contributed by atoms with E-state index in [1.165, 1.54) is 29.6 Å². The molecule has 0 aliphatic carbocycles. The van der Waals surface area contributed by atoms with Crippen molar-refractivity contribution in [1.82, 2.24) is 0 Å². The number of sulfone groups is 1. The van der Waals surface area contributed by atoms with Crippen LogP contribution in [-0.4, -0.2) is 14.2 Å². The molecule has 0 bridgehead atoms. The summed E-state index contributed by atoms with van der Waals surface area (Å²) in [5.41, 5.74) is 2.61. The maximum Gasteiger partial charge on any atom is 0.218 e. The second-order valence-electron chi connectivity index (χ2n) is 4.76. The van der Waals surface area contributed by atoms with Crippen LogP contribution in [0.5, 0.6) is 0 Å². The third-order valence-corrected chi connectivity index (χ3v) is 8.27. The zero-order valence-electron chi connectivity index (χ0n) is 11.2. The van der Waals surface area contributed by atoms with E-state index in [1.807, 2.05) is 19.2 Å². The van der Waals surface area contributed by atoms with Gasteiger partial charge in [-0.3, -0.25) is 4.79 Å². The fourth-order valence-corrected chi connectivity index (χ4v) is 7.14. The van der Waals surface area contributed by atoms with Crippen LogP contribution >= 0.6 is 22.7 Å². The molecule has 0 atom stereocenters. The van der Waals surface area contributed by atoms with Gasteiger partial charge in [0.15, 0.2) is 5.78 Å². The fraction of sp³-hybridized carbons (Fsp3) is 0.214. The van der Waals surface area contributed by atoms with E-state index in [-0.39, 0.29) is 5.78 Å². The summed E-state index contributed by atoms with van der Waals surface area (Å²) in [5.74, 6) is -0.0409. The highest BCUT2D eigenvalue weighted by atomic mass is 32.2. The van der Waals surface area contributed by atoms with Gasteiger partial charge in [-0.15, -0.1) is 22.7 Å². The molecular formula is C14H12O3S3. The topological polar surface area (TPSA) is 51.2 Å². The number of allylic oxidation sites excluding steroid dienone is 1. The summed E-state index contributed by atoms with van der Waals surface area (Å²) in [6, 6.07) is 3.42. The third kappa shape index (κ3) is 1.75. The predicted molar refractivity (Wildman–Crippen MR) is 83.1 cm³/mol. The van der Waals surface area contributed by atoms with Crippen LogP contribution in [0, 0.1) is 6.92 Å². The van der Waals surface area contributed by atoms with Crippen molar-refractivity contribution >= 4 is 48.8 Å². The lowest BCUT2D eigenvalue weighted by Crippen LogP contribution is -1.96. The molecule has 3 rings (SSSR count). The summed E-state index contributed by atoms with van der Waals surface area (Å²) in [6.45, 7) is 5.25. The van der Waals surface area contributed by atoms with Gasteiger partial charge in [-0.05, 0) is 49.4 Å². The van der Waals surface area contributed by atoms with Crippen molar-refractivity contribution in [3.8, 4) is 0 Å². The minimum absolute atomic E-state index is 0.0409. The lowest BCUT2D eigenvalue weighted by molar-refractivity contribution is 0.102. The number of rotatable bonds is 2. The molecule has 104 valence electrons. The van der Waals surface area contributed by atoms with E-state index < -0.39 is 9.84 Å². The van der Waals surface area contributed by atoms with E-state index in [9.17, 15) is 13.2 Å². The molecule has 0 radical (unpaired) electrons. The summed E-state index contributed by atoms with van der Waals surface area (Å²) in [5, 5.41) is 1.87. The molecule has 0 N–H and O–H groups in total. The number of aryl methyl sites for hydroxylation is 1. The number of hydrogen-bond acceptors (Lipinski definition) is 5. The SMILES string of the molecule is CC(=O)c1ccc(C2=C(C)c3c(C)csc3S2(=O)=O)s1. The molecule has 0 saturated heterocycles. The third-order valence-electron chi connectivity index (χ3n) is 3.35. The average Bonchev–Trinajstić information content (AvgIpc) is 2.99. The van der Waals surface area contributed by atoms with Gasteiger partial charge in [-0.25, -0.2) is 8.42 Å². The predicted octanol–water partition coefficient (Wildman–Crippen LogP) is 4.00. The van der Waals surface area contributed by atoms with Crippen molar-refractivity contribution in [2.24, 2.45) is 0 Å². The average molecular weight is 324 g/mol. The van der Waals surface area contributed by atoms with E-state index in [1.54, 1.807) is 12.1 Å². The van der Waals surface area contributed by atoms with Crippen molar-refractivity contribution in [3.05, 3.63) is 38.4 Å². The fourth-order valence-electron chi connectivity index (χ4n) is 2.44. The molecule has 3 heterocycles. The quantitative estimate of drug-likeness (QED) is 0.785. The van der Waals surface area contributed by atoms with Gasteiger partial charge in [-0.1, -0.05) is 0 Å². The van der Waals surface area contributed by atoms with Crippen molar-refractivity contribution in [2.75, 3.05) is 0 Å². The highest BCUT2D eigenvalue weighted by Gasteiger charge is 2.37. The molecule has 6 heteroatoms. The molecule has 0 spiro atoms. The number of ketones is 1. The molecule has 1 aliphatic rings. The van der Waals surface area contributed by atoms with Crippen LogP contribution in [0.25, 0.3) is 10.5 Å². The Labute approximate surface area is 125 Å². The van der Waals surface area contributed by atoms with Crippen LogP contribution < -0.4 is 0 Å². The maximum atomic E-state index is 12.7. The highest BCUT2D eigenvalue weighted by molar-refractivity contribution is 8.03. The van der Waals surface area contributed by atoms with Gasteiger partial charge >= 0.3 is 0 Å². The van der Waals surface area contributed by atoms with Gasteiger partial charge in [0.05, 0.1) is 9.78 Å². The van der Waals surface area contributed by atoms with Crippen LogP contribution in [0.3, 0.4) is 0 Å². The Morgan fingerprint density at radius 1 is 1.20 bits per heavy atom. The lowest BCUT2D eigenvalue weighted by Gasteiger charge is -2.01. The number of thiophene rings is 2. The molecule has 0 amide bonds. The van der Waals surface area contributed by atoms with Crippen LogP contribution in [0.4, 0.5) is 0 Å². The van der Waals surface area contributed by atoms with Crippen molar-refractivity contribution in [1.29, 1.82) is 0 Å². The molecular weight excluding hydrogens is 312 g/mol. The molecule has 0 unspecified atom stereocenters. The zero-order chi connectivity index (χ0) is 14.7. The van der Waals surface area contributed by atoms with Crippen LogP contribution in [0.15, 0.2) is 21.7 Å². The number of hydrogen-bond donors (Lipinski definition) is 0. The first-order valence-corrected chi connectivity index (χ1v) is 9.17. The first-order chi connectivity index (χ1) is 9.34. The number of carbonyl (C=O) groups excluding carboxylic acids is 1. The van der Waals surface area contributed by atoms with Gasteiger partial charge in [-0.2, -0.15) is 0 Å². The summed E-state index contributed by atoms with van der Waals surface area (Å²) in [7, 11) is -3.44. The number of carbonyl (C=O) groups is 1. The van der Waals surface area contributed by atoms with Gasteiger partial charge < -0.3 is 0 Å². The normalized spacial score (nSPS) is 16.6. The van der Waals surface area contributed by atoms with Gasteiger partial charge in [0, 0.05) is 10.4 Å². The van der Waals surface area contributed by atoms with Gasteiger partial charge in [0.2, 0.25) is 9.84 Å². The smallest absolute Gasteiger partial charge is 0.218 e. The Hall–Kier alpha value is -1.24. The largest absolute Gasteiger partial charge is 0.294 e.